The molecule has 0 amide bonds. The Balaban J connectivity index is 1.08. The first kappa shape index (κ1) is 54.0. The second-order valence-electron chi connectivity index (χ2n) is 32.8. The minimum atomic E-state index is -0.267. The third kappa shape index (κ3) is 7.33. The summed E-state index contributed by atoms with van der Waals surface area (Å²) in [6.07, 6.45) is 9.58. The quantitative estimate of drug-likeness (QED) is 0.163. The van der Waals surface area contributed by atoms with Crippen LogP contribution in [0.1, 0.15) is 232 Å². The summed E-state index contributed by atoms with van der Waals surface area (Å²) >= 11 is 0. The molecule has 422 valence electrons. The van der Waals surface area contributed by atoms with Crippen molar-refractivity contribution in [3.63, 3.8) is 0 Å². The lowest BCUT2D eigenvalue weighted by Crippen LogP contribution is -2.62. The predicted molar refractivity (Wildman–Crippen MR) is 354 cm³/mol. The molecule has 4 aliphatic carbocycles. The first-order valence-corrected chi connectivity index (χ1v) is 31.8. The number of hydrogen-bond donors (Lipinski definition) is 0. The topological polar surface area (TPSA) is 9.72 Å². The van der Waals surface area contributed by atoms with Gasteiger partial charge in [-0.05, 0) is 223 Å². The largest absolute Gasteiger partial charge is 0.334 e. The lowest BCUT2D eigenvalue weighted by Gasteiger charge is -2.51. The van der Waals surface area contributed by atoms with Crippen molar-refractivity contribution in [2.45, 2.75) is 232 Å². The molecule has 14 rings (SSSR count). The van der Waals surface area contributed by atoms with E-state index < -0.39 is 0 Å². The molecule has 2 atom stereocenters. The molecule has 0 radical (unpaired) electrons. The highest BCUT2D eigenvalue weighted by Crippen LogP contribution is 2.63. The molecule has 0 spiro atoms. The molecule has 0 N–H and O–H groups in total. The molecule has 7 aromatic carbocycles. The van der Waals surface area contributed by atoms with Crippen LogP contribution in [0, 0.1) is 6.92 Å². The van der Waals surface area contributed by atoms with Gasteiger partial charge in [-0.15, -0.1) is 0 Å². The fourth-order valence-electron chi connectivity index (χ4n) is 17.7. The van der Waals surface area contributed by atoms with Gasteiger partial charge in [0.15, 0.2) is 0 Å². The molecule has 2 unspecified atom stereocenters. The standard InChI is InChI=1S/C78H92BN3/c1-47-39-66-69-67(40-47)81(63-24-22-23-53-52-29-25-48(70(2,3)4)41-55(52)76(16,17)68(53)63)64-44-51(82-62-32-26-49(71(5,6)7)42-59(62)77(18)33-20-21-34-78(77,82)19)28-31-60(64)79(69)61-45-57-58(75(14,15)38-37-74(57,12)13)46-65(61)80(66)50-27-30-54-56(43-50)73(10,11)36-35-72(54,8)9/h22-32,39-46H,20-21,33-38H2,1-19H3. The van der Waals surface area contributed by atoms with E-state index in [0.717, 1.165) is 6.42 Å². The first-order valence-electron chi connectivity index (χ1n) is 31.8. The Morgan fingerprint density at radius 2 is 0.963 bits per heavy atom. The Kier molecular flexibility index (Phi) is 11.1. The van der Waals surface area contributed by atoms with Gasteiger partial charge in [0.1, 0.15) is 0 Å². The van der Waals surface area contributed by atoms with E-state index in [0.29, 0.717) is 0 Å². The molecule has 1 fully saturated rings. The zero-order valence-corrected chi connectivity index (χ0v) is 53.5. The summed E-state index contributed by atoms with van der Waals surface area (Å²) in [6, 6.07) is 48.2. The Hall–Kier alpha value is -6.00. The van der Waals surface area contributed by atoms with Gasteiger partial charge >= 0.3 is 0 Å². The van der Waals surface area contributed by atoms with E-state index in [1.807, 2.05) is 0 Å². The predicted octanol–water partition coefficient (Wildman–Crippen LogP) is 19.4. The lowest BCUT2D eigenvalue weighted by atomic mass is 9.33. The van der Waals surface area contributed by atoms with E-state index in [1.165, 1.54) is 174 Å². The van der Waals surface area contributed by atoms with Crippen LogP contribution in [0.15, 0.2) is 115 Å². The van der Waals surface area contributed by atoms with Gasteiger partial charge in [-0.1, -0.05) is 191 Å². The summed E-state index contributed by atoms with van der Waals surface area (Å²) in [5.41, 5.74) is 32.0. The third-order valence-corrected chi connectivity index (χ3v) is 23.2. The van der Waals surface area contributed by atoms with Gasteiger partial charge in [0.2, 0.25) is 0 Å². The highest BCUT2D eigenvalue weighted by Gasteiger charge is 2.58. The van der Waals surface area contributed by atoms with Gasteiger partial charge in [0, 0.05) is 50.6 Å². The van der Waals surface area contributed by atoms with Gasteiger partial charge in [0.25, 0.3) is 6.71 Å². The highest BCUT2D eigenvalue weighted by molar-refractivity contribution is 7.00. The van der Waals surface area contributed by atoms with Crippen molar-refractivity contribution in [1.29, 1.82) is 0 Å². The maximum atomic E-state index is 2.84. The van der Waals surface area contributed by atoms with E-state index in [4.69, 9.17) is 0 Å². The van der Waals surface area contributed by atoms with E-state index in [1.54, 1.807) is 0 Å². The second kappa shape index (κ2) is 16.9. The minimum absolute atomic E-state index is 0.00310. The summed E-state index contributed by atoms with van der Waals surface area (Å²) in [7, 11) is 0. The average molecular weight is 1080 g/mol. The Labute approximate surface area is 494 Å². The van der Waals surface area contributed by atoms with Gasteiger partial charge in [-0.25, -0.2) is 0 Å². The molecular weight excluding hydrogens is 990 g/mol. The smallest absolute Gasteiger partial charge is 0.252 e. The monoisotopic (exact) mass is 1080 g/mol. The first-order chi connectivity index (χ1) is 38.3. The summed E-state index contributed by atoms with van der Waals surface area (Å²) in [6.45, 7) is 46.8. The van der Waals surface area contributed by atoms with Crippen LogP contribution < -0.4 is 31.1 Å². The third-order valence-electron chi connectivity index (χ3n) is 23.2. The van der Waals surface area contributed by atoms with Crippen LogP contribution in [0.2, 0.25) is 0 Å². The van der Waals surface area contributed by atoms with Crippen LogP contribution in [0.4, 0.5) is 45.5 Å². The maximum Gasteiger partial charge on any atom is 0.252 e. The van der Waals surface area contributed by atoms with Gasteiger partial charge < -0.3 is 14.7 Å². The van der Waals surface area contributed by atoms with Crippen molar-refractivity contribution in [2.75, 3.05) is 14.7 Å². The van der Waals surface area contributed by atoms with Crippen molar-refractivity contribution >= 4 is 68.6 Å². The molecule has 0 saturated heterocycles. The molecule has 1 saturated carbocycles. The SMILES string of the molecule is Cc1cc2c3c(c1)N(c1cccc4c1C(C)(C)c1cc(C(C)(C)C)ccc1-4)c1cc(N4c5ccc(C(C)(C)C)cc5C5(C)CCCCC45C)ccc1B3c1cc3c(cc1N2c1ccc2c(c1)C(C)(C)CCC2(C)C)C(C)(C)CCC3(C)C. The summed E-state index contributed by atoms with van der Waals surface area (Å²) in [4.78, 5) is 8.36. The average Bonchev–Trinajstić information content (AvgIpc) is 1.29. The van der Waals surface area contributed by atoms with E-state index in [9.17, 15) is 0 Å². The molecule has 82 heavy (non-hydrogen) atoms. The zero-order valence-electron chi connectivity index (χ0n) is 53.5. The van der Waals surface area contributed by atoms with Crippen LogP contribution in [0.25, 0.3) is 11.1 Å². The molecule has 7 aromatic rings. The molecule has 0 bridgehead atoms. The van der Waals surface area contributed by atoms with Crippen LogP contribution >= 0.6 is 0 Å². The van der Waals surface area contributed by atoms with E-state index in [2.05, 4.69) is 262 Å². The van der Waals surface area contributed by atoms with Crippen LogP contribution in [0.5, 0.6) is 0 Å². The molecule has 0 aromatic heterocycles. The van der Waals surface area contributed by atoms with Crippen molar-refractivity contribution in [3.05, 3.63) is 171 Å². The highest BCUT2D eigenvalue weighted by atomic mass is 15.3. The van der Waals surface area contributed by atoms with Crippen molar-refractivity contribution in [2.24, 2.45) is 0 Å². The van der Waals surface area contributed by atoms with Crippen molar-refractivity contribution in [1.82, 2.24) is 0 Å². The lowest BCUT2D eigenvalue weighted by molar-refractivity contribution is 0.195. The molecule has 4 heteroatoms. The van der Waals surface area contributed by atoms with Crippen LogP contribution in [-0.4, -0.2) is 12.3 Å². The number of anilines is 8. The minimum Gasteiger partial charge on any atom is -0.334 e. The number of benzene rings is 7. The van der Waals surface area contributed by atoms with E-state index in [-0.39, 0.29) is 55.6 Å². The van der Waals surface area contributed by atoms with Gasteiger partial charge in [-0.3, -0.25) is 0 Å². The van der Waals surface area contributed by atoms with Crippen molar-refractivity contribution in [3.8, 4) is 11.1 Å². The number of fused-ring (bicyclic) bond motifs is 12. The molecule has 7 aliphatic rings. The molecule has 3 nitrogen and oxygen atoms in total. The Bertz CT molecular complexity index is 3900. The van der Waals surface area contributed by atoms with Gasteiger partial charge in [0.05, 0.1) is 11.2 Å². The number of aryl methyl sites for hydroxylation is 1. The number of hydrogen-bond acceptors (Lipinski definition) is 3. The van der Waals surface area contributed by atoms with Gasteiger partial charge in [-0.2, -0.15) is 0 Å². The zero-order chi connectivity index (χ0) is 58.2. The molecule has 3 heterocycles. The van der Waals surface area contributed by atoms with Crippen LogP contribution in [0.3, 0.4) is 0 Å². The maximum absolute atomic E-state index is 2.84. The summed E-state index contributed by atoms with van der Waals surface area (Å²) in [5.74, 6) is 0. The molecule has 3 aliphatic heterocycles. The fraction of sp³-hybridized carbons (Fsp3) is 0.462. The normalized spacial score (nSPS) is 23.4. The Morgan fingerprint density at radius 1 is 0.402 bits per heavy atom. The number of nitrogens with zero attached hydrogens (tertiary/aromatic N) is 3. The summed E-state index contributed by atoms with van der Waals surface area (Å²) < 4.78 is 0. The fourth-order valence-corrected chi connectivity index (χ4v) is 17.7. The van der Waals surface area contributed by atoms with Crippen LogP contribution in [-0.2, 0) is 43.3 Å². The second-order valence-corrected chi connectivity index (χ2v) is 32.8. The number of rotatable bonds is 3. The van der Waals surface area contributed by atoms with E-state index >= 15 is 0 Å². The molecular formula is C78H92BN3. The summed E-state index contributed by atoms with van der Waals surface area (Å²) in [5, 5.41) is 0. The van der Waals surface area contributed by atoms with Crippen molar-refractivity contribution < 1.29 is 0 Å². The Morgan fingerprint density at radius 3 is 1.62 bits per heavy atom.